The quantitative estimate of drug-likeness (QED) is 0.834. The lowest BCUT2D eigenvalue weighted by Crippen LogP contribution is -1.93. The Kier molecular flexibility index (Phi) is 2.79. The van der Waals surface area contributed by atoms with Crippen LogP contribution in [0.15, 0.2) is 42.6 Å². The molecule has 2 rings (SSSR count). The molecule has 0 saturated carbocycles. The second-order valence-corrected chi connectivity index (χ2v) is 3.18. The highest BCUT2D eigenvalue weighted by atomic mass is 19.1. The molecule has 0 bridgehead atoms. The van der Waals surface area contributed by atoms with Crippen molar-refractivity contribution in [1.29, 1.82) is 5.26 Å². The number of anilines is 2. The van der Waals surface area contributed by atoms with E-state index in [0.717, 1.165) is 5.69 Å². The fourth-order valence-electron chi connectivity index (χ4n) is 1.22. The van der Waals surface area contributed by atoms with Crippen molar-refractivity contribution < 1.29 is 4.39 Å². The van der Waals surface area contributed by atoms with Gasteiger partial charge < -0.3 is 5.32 Å². The fourth-order valence-corrected chi connectivity index (χ4v) is 1.22. The van der Waals surface area contributed by atoms with Crippen molar-refractivity contribution in [3.05, 3.63) is 54.0 Å². The number of rotatable bonds is 2. The molecule has 0 radical (unpaired) electrons. The molecule has 0 aliphatic carbocycles. The zero-order valence-electron chi connectivity index (χ0n) is 8.31. The SMILES string of the molecule is N#Cc1ccc(Nc2ccc(F)cc2)nc1. The number of benzene rings is 1. The minimum Gasteiger partial charge on any atom is -0.340 e. The summed E-state index contributed by atoms with van der Waals surface area (Å²) in [5, 5.41) is 11.6. The molecule has 0 fully saturated rings. The van der Waals surface area contributed by atoms with E-state index in [4.69, 9.17) is 5.26 Å². The van der Waals surface area contributed by atoms with Crippen molar-refractivity contribution >= 4 is 11.5 Å². The van der Waals surface area contributed by atoms with Gasteiger partial charge in [-0.05, 0) is 36.4 Å². The molecule has 0 atom stereocenters. The summed E-state index contributed by atoms with van der Waals surface area (Å²) in [7, 11) is 0. The molecule has 1 aromatic heterocycles. The Morgan fingerprint density at radius 1 is 1.12 bits per heavy atom. The van der Waals surface area contributed by atoms with Crippen molar-refractivity contribution in [3.8, 4) is 6.07 Å². The van der Waals surface area contributed by atoms with Crippen LogP contribution in [0.4, 0.5) is 15.9 Å². The molecule has 0 unspecified atom stereocenters. The van der Waals surface area contributed by atoms with Crippen LogP contribution in [0.1, 0.15) is 5.56 Å². The van der Waals surface area contributed by atoms with E-state index in [1.54, 1.807) is 24.3 Å². The van der Waals surface area contributed by atoms with Crippen LogP contribution in [0, 0.1) is 17.1 Å². The van der Waals surface area contributed by atoms with Gasteiger partial charge in [0.2, 0.25) is 0 Å². The number of aromatic nitrogens is 1. The van der Waals surface area contributed by atoms with Gasteiger partial charge >= 0.3 is 0 Å². The average molecular weight is 213 g/mol. The Hall–Kier alpha value is -2.41. The fraction of sp³-hybridized carbons (Fsp3) is 0. The third kappa shape index (κ3) is 2.34. The molecule has 0 aliphatic rings. The van der Waals surface area contributed by atoms with E-state index in [-0.39, 0.29) is 5.82 Å². The lowest BCUT2D eigenvalue weighted by Gasteiger charge is -2.04. The first kappa shape index (κ1) is 10.1. The first-order valence-corrected chi connectivity index (χ1v) is 4.67. The summed E-state index contributed by atoms with van der Waals surface area (Å²) in [5.74, 6) is 0.337. The number of nitrogens with zero attached hydrogens (tertiary/aromatic N) is 2. The predicted octanol–water partition coefficient (Wildman–Crippen LogP) is 2.84. The highest BCUT2D eigenvalue weighted by molar-refractivity contribution is 5.56. The smallest absolute Gasteiger partial charge is 0.130 e. The van der Waals surface area contributed by atoms with E-state index in [1.165, 1.54) is 18.3 Å². The van der Waals surface area contributed by atoms with Gasteiger partial charge in [-0.3, -0.25) is 0 Å². The standard InChI is InChI=1S/C12H8FN3/c13-10-2-4-11(5-3-10)16-12-6-1-9(7-14)8-15-12/h1-6,8H,(H,15,16). The minimum atomic E-state index is -0.279. The summed E-state index contributed by atoms with van der Waals surface area (Å²) >= 11 is 0. The van der Waals surface area contributed by atoms with Crippen molar-refractivity contribution in [3.63, 3.8) is 0 Å². The van der Waals surface area contributed by atoms with Crippen LogP contribution in [-0.4, -0.2) is 4.98 Å². The number of pyridine rings is 1. The summed E-state index contributed by atoms with van der Waals surface area (Å²) in [6.45, 7) is 0. The first-order valence-electron chi connectivity index (χ1n) is 4.67. The van der Waals surface area contributed by atoms with Gasteiger partial charge in [0.15, 0.2) is 0 Å². The summed E-state index contributed by atoms with van der Waals surface area (Å²) in [4.78, 5) is 4.04. The highest BCUT2D eigenvalue weighted by Gasteiger charge is 1.96. The van der Waals surface area contributed by atoms with E-state index in [9.17, 15) is 4.39 Å². The molecule has 1 N–H and O–H groups in total. The second kappa shape index (κ2) is 4.41. The lowest BCUT2D eigenvalue weighted by atomic mass is 10.3. The van der Waals surface area contributed by atoms with Gasteiger partial charge in [0.05, 0.1) is 5.56 Å². The zero-order chi connectivity index (χ0) is 11.4. The molecular formula is C12H8FN3. The maximum Gasteiger partial charge on any atom is 0.130 e. The van der Waals surface area contributed by atoms with E-state index in [1.807, 2.05) is 6.07 Å². The van der Waals surface area contributed by atoms with Crippen molar-refractivity contribution in [1.82, 2.24) is 4.98 Å². The van der Waals surface area contributed by atoms with Crippen molar-refractivity contribution in [2.45, 2.75) is 0 Å². The van der Waals surface area contributed by atoms with Crippen LogP contribution in [0.3, 0.4) is 0 Å². The van der Waals surface area contributed by atoms with Gasteiger partial charge in [0, 0.05) is 11.9 Å². The molecule has 0 aliphatic heterocycles. The van der Waals surface area contributed by atoms with Crippen LogP contribution in [0.2, 0.25) is 0 Å². The lowest BCUT2D eigenvalue weighted by molar-refractivity contribution is 0.628. The molecule has 0 saturated heterocycles. The zero-order valence-corrected chi connectivity index (χ0v) is 8.31. The number of halogens is 1. The van der Waals surface area contributed by atoms with E-state index in [0.29, 0.717) is 11.4 Å². The van der Waals surface area contributed by atoms with Crippen molar-refractivity contribution in [2.75, 3.05) is 5.32 Å². The largest absolute Gasteiger partial charge is 0.340 e. The number of hydrogen-bond acceptors (Lipinski definition) is 3. The summed E-state index contributed by atoms with van der Waals surface area (Å²) in [6, 6.07) is 11.3. The Morgan fingerprint density at radius 3 is 2.44 bits per heavy atom. The minimum absolute atomic E-state index is 0.279. The van der Waals surface area contributed by atoms with Gasteiger partial charge in [-0.1, -0.05) is 0 Å². The van der Waals surface area contributed by atoms with Gasteiger partial charge in [0.1, 0.15) is 17.7 Å². The van der Waals surface area contributed by atoms with Gasteiger partial charge in [-0.15, -0.1) is 0 Å². The van der Waals surface area contributed by atoms with E-state index < -0.39 is 0 Å². The van der Waals surface area contributed by atoms with Crippen LogP contribution >= 0.6 is 0 Å². The third-order valence-electron chi connectivity index (χ3n) is 2.01. The molecule has 0 amide bonds. The molecule has 78 valence electrons. The Labute approximate surface area is 92.2 Å². The van der Waals surface area contributed by atoms with Crippen LogP contribution in [0.5, 0.6) is 0 Å². The Morgan fingerprint density at radius 2 is 1.88 bits per heavy atom. The van der Waals surface area contributed by atoms with Crippen LogP contribution < -0.4 is 5.32 Å². The maximum atomic E-state index is 12.6. The van der Waals surface area contributed by atoms with Gasteiger partial charge in [-0.2, -0.15) is 5.26 Å². The summed E-state index contributed by atoms with van der Waals surface area (Å²) in [5.41, 5.74) is 1.25. The molecule has 3 nitrogen and oxygen atoms in total. The Bertz CT molecular complexity index is 511. The number of nitriles is 1. The monoisotopic (exact) mass is 213 g/mol. The number of nitrogens with one attached hydrogen (secondary N) is 1. The molecule has 2 aromatic rings. The van der Waals surface area contributed by atoms with E-state index >= 15 is 0 Å². The third-order valence-corrected chi connectivity index (χ3v) is 2.01. The van der Waals surface area contributed by atoms with Gasteiger partial charge in [-0.25, -0.2) is 9.37 Å². The first-order chi connectivity index (χ1) is 7.78. The number of hydrogen-bond donors (Lipinski definition) is 1. The van der Waals surface area contributed by atoms with Crippen LogP contribution in [-0.2, 0) is 0 Å². The maximum absolute atomic E-state index is 12.6. The molecule has 1 aromatic carbocycles. The van der Waals surface area contributed by atoms with E-state index in [2.05, 4.69) is 10.3 Å². The summed E-state index contributed by atoms with van der Waals surface area (Å²) < 4.78 is 12.6. The van der Waals surface area contributed by atoms with Crippen LogP contribution in [0.25, 0.3) is 0 Å². The predicted molar refractivity (Wildman–Crippen MR) is 58.6 cm³/mol. The summed E-state index contributed by atoms with van der Waals surface area (Å²) in [6.07, 6.45) is 1.48. The van der Waals surface area contributed by atoms with Gasteiger partial charge in [0.25, 0.3) is 0 Å². The van der Waals surface area contributed by atoms with Crippen molar-refractivity contribution in [2.24, 2.45) is 0 Å². The molecule has 4 heteroatoms. The average Bonchev–Trinajstić information content (AvgIpc) is 2.33. The Balaban J connectivity index is 2.15. The molecule has 1 heterocycles. The molecule has 16 heavy (non-hydrogen) atoms. The highest BCUT2D eigenvalue weighted by Crippen LogP contribution is 2.14. The second-order valence-electron chi connectivity index (χ2n) is 3.18. The topological polar surface area (TPSA) is 48.7 Å². The normalized spacial score (nSPS) is 9.50. The molecule has 0 spiro atoms. The molecular weight excluding hydrogens is 205 g/mol.